The monoisotopic (exact) mass is 240 g/mol. The van der Waals surface area contributed by atoms with Gasteiger partial charge in [-0.3, -0.25) is 4.79 Å². The van der Waals surface area contributed by atoms with Crippen LogP contribution in [0, 0.1) is 0 Å². The second kappa shape index (κ2) is 14.7. The zero-order valence-corrected chi connectivity index (χ0v) is 11.6. The molecular weight excluding hydrogens is 216 g/mol. The lowest BCUT2D eigenvalue weighted by Gasteiger charge is -2.00. The number of carbonyl (C=O) groups excluding carboxylic acids is 1. The highest BCUT2D eigenvalue weighted by atomic mass is 16.5. The minimum atomic E-state index is 0.108. The fourth-order valence-electron chi connectivity index (χ4n) is 0.789. The Kier molecular flexibility index (Phi) is 15.6. The normalized spacial score (nSPS) is 8.29. The van der Waals surface area contributed by atoms with Gasteiger partial charge < -0.3 is 4.74 Å². The summed E-state index contributed by atoms with van der Waals surface area (Å²) in [5.41, 5.74) is 0.881. The van der Waals surface area contributed by atoms with E-state index in [1.807, 2.05) is 34.6 Å². The van der Waals surface area contributed by atoms with E-state index in [9.17, 15) is 4.79 Å². The molecule has 1 heterocycles. The van der Waals surface area contributed by atoms with Crippen molar-refractivity contribution in [3.8, 4) is 0 Å². The maximum absolute atomic E-state index is 10.8. The molecule has 1 rings (SSSR count). The fraction of sp³-hybridized carbons (Fsp3) is 0.615. The molecule has 4 nitrogen and oxygen atoms in total. The van der Waals surface area contributed by atoms with Crippen molar-refractivity contribution in [3.05, 3.63) is 24.3 Å². The van der Waals surface area contributed by atoms with Gasteiger partial charge in [-0.1, -0.05) is 34.6 Å². The highest BCUT2D eigenvalue weighted by Crippen LogP contribution is 1.96. The number of Topliss-reactive ketones (excluding diaryl/α,β-unsaturated/α-hetero) is 1. The van der Waals surface area contributed by atoms with E-state index in [-0.39, 0.29) is 12.4 Å². The average Bonchev–Trinajstić information content (AvgIpc) is 2.44. The Hall–Kier alpha value is -1.29. The summed E-state index contributed by atoms with van der Waals surface area (Å²) in [5.74, 6) is 0.108. The summed E-state index contributed by atoms with van der Waals surface area (Å²) in [7, 11) is 0. The molecule has 0 aliphatic heterocycles. The second-order valence-corrected chi connectivity index (χ2v) is 2.63. The van der Waals surface area contributed by atoms with Gasteiger partial charge in [-0.25, -0.2) is 9.97 Å². The van der Waals surface area contributed by atoms with Crippen LogP contribution in [0.4, 0.5) is 0 Å². The number of ether oxygens (including phenoxy) is 1. The van der Waals surface area contributed by atoms with Crippen LogP contribution in [0.15, 0.2) is 18.7 Å². The number of aromatic nitrogens is 2. The minimum Gasteiger partial charge on any atom is -0.369 e. The quantitative estimate of drug-likeness (QED) is 0.793. The molecular formula is C13H24N2O2. The largest absolute Gasteiger partial charge is 0.369 e. The predicted molar refractivity (Wildman–Crippen MR) is 69.7 cm³/mol. The molecule has 0 spiro atoms. The molecule has 0 aliphatic carbocycles. The van der Waals surface area contributed by atoms with Gasteiger partial charge in [0, 0.05) is 24.4 Å². The highest BCUT2D eigenvalue weighted by Gasteiger charge is 1.98. The number of hydrogen-bond donors (Lipinski definition) is 0. The van der Waals surface area contributed by atoms with E-state index in [2.05, 4.69) is 9.97 Å². The van der Waals surface area contributed by atoms with Crippen molar-refractivity contribution in [3.63, 3.8) is 0 Å². The minimum absolute atomic E-state index is 0.108. The molecule has 0 saturated heterocycles. The molecule has 0 saturated carbocycles. The average molecular weight is 240 g/mol. The van der Waals surface area contributed by atoms with Gasteiger partial charge in [-0.05, 0) is 0 Å². The summed E-state index contributed by atoms with van der Waals surface area (Å²) in [5, 5.41) is 0. The molecule has 0 fully saturated rings. The molecule has 0 radical (unpaired) electrons. The van der Waals surface area contributed by atoms with Crippen molar-refractivity contribution in [1.29, 1.82) is 0 Å². The van der Waals surface area contributed by atoms with Crippen LogP contribution >= 0.6 is 0 Å². The number of nitrogens with zero attached hydrogens (tertiary/aromatic N) is 2. The van der Waals surface area contributed by atoms with E-state index < -0.39 is 0 Å². The van der Waals surface area contributed by atoms with Crippen LogP contribution in [-0.2, 0) is 16.1 Å². The zero-order valence-electron chi connectivity index (χ0n) is 11.6. The van der Waals surface area contributed by atoms with E-state index in [0.717, 1.165) is 5.56 Å². The number of rotatable bonds is 5. The van der Waals surface area contributed by atoms with Gasteiger partial charge in [0.25, 0.3) is 0 Å². The summed E-state index contributed by atoms with van der Waals surface area (Å²) in [4.78, 5) is 18.5. The van der Waals surface area contributed by atoms with Crippen LogP contribution < -0.4 is 0 Å². The smallest absolute Gasteiger partial charge is 0.158 e. The Bertz CT molecular complexity index is 263. The first kappa shape index (κ1) is 18.1. The maximum atomic E-state index is 10.8. The third-order valence-electron chi connectivity index (χ3n) is 1.54. The van der Waals surface area contributed by atoms with E-state index in [1.165, 1.54) is 6.33 Å². The molecule has 0 aliphatic rings. The summed E-state index contributed by atoms with van der Waals surface area (Å²) >= 11 is 0. The molecule has 4 heteroatoms. The van der Waals surface area contributed by atoms with Crippen LogP contribution in [0.25, 0.3) is 0 Å². The Morgan fingerprint density at radius 3 is 2.18 bits per heavy atom. The molecule has 0 amide bonds. The Morgan fingerprint density at radius 2 is 1.71 bits per heavy atom. The highest BCUT2D eigenvalue weighted by molar-refractivity contribution is 5.79. The van der Waals surface area contributed by atoms with E-state index in [0.29, 0.717) is 13.0 Å². The van der Waals surface area contributed by atoms with Gasteiger partial charge in [-0.2, -0.15) is 0 Å². The summed E-state index contributed by atoms with van der Waals surface area (Å²) in [6.07, 6.45) is 5.32. The molecule has 0 unspecified atom stereocenters. The molecule has 0 aromatic carbocycles. The number of carbonyl (C=O) groups is 1. The van der Waals surface area contributed by atoms with Gasteiger partial charge in [0.1, 0.15) is 12.9 Å². The first-order chi connectivity index (χ1) is 8.33. The molecule has 98 valence electrons. The summed E-state index contributed by atoms with van der Waals surface area (Å²) in [6.45, 7) is 10.4. The zero-order chi connectivity index (χ0) is 13.5. The second-order valence-electron chi connectivity index (χ2n) is 2.63. The standard InChI is InChI=1S/C9H12N2O2.2C2H6/c1-2-9(12)6-13-5-8-3-10-7-11-4-8;2*1-2/h3-4,7H,2,5-6H2,1H3;2*1-2H3. The van der Waals surface area contributed by atoms with Crippen molar-refractivity contribution < 1.29 is 9.53 Å². The lowest BCUT2D eigenvalue weighted by atomic mass is 10.3. The van der Waals surface area contributed by atoms with E-state index >= 15 is 0 Å². The third-order valence-corrected chi connectivity index (χ3v) is 1.54. The Labute approximate surface area is 104 Å². The van der Waals surface area contributed by atoms with Gasteiger partial charge >= 0.3 is 0 Å². The molecule has 17 heavy (non-hydrogen) atoms. The van der Waals surface area contributed by atoms with Gasteiger partial charge in [0.15, 0.2) is 5.78 Å². The third kappa shape index (κ3) is 11.0. The van der Waals surface area contributed by atoms with Crippen molar-refractivity contribution in [1.82, 2.24) is 9.97 Å². The molecule has 1 aromatic rings. The van der Waals surface area contributed by atoms with Gasteiger partial charge in [0.05, 0.1) is 6.61 Å². The molecule has 0 N–H and O–H groups in total. The fourth-order valence-corrected chi connectivity index (χ4v) is 0.789. The van der Waals surface area contributed by atoms with Gasteiger partial charge in [-0.15, -0.1) is 0 Å². The maximum Gasteiger partial charge on any atom is 0.158 e. The van der Waals surface area contributed by atoms with Crippen molar-refractivity contribution >= 4 is 5.78 Å². The van der Waals surface area contributed by atoms with Gasteiger partial charge in [0.2, 0.25) is 0 Å². The van der Waals surface area contributed by atoms with Crippen molar-refractivity contribution in [2.24, 2.45) is 0 Å². The van der Waals surface area contributed by atoms with Crippen molar-refractivity contribution in [2.75, 3.05) is 6.61 Å². The van der Waals surface area contributed by atoms with Crippen LogP contribution in [0.5, 0.6) is 0 Å². The van der Waals surface area contributed by atoms with Crippen LogP contribution in [0.1, 0.15) is 46.6 Å². The van der Waals surface area contributed by atoms with E-state index in [1.54, 1.807) is 12.4 Å². The van der Waals surface area contributed by atoms with Crippen molar-refractivity contribution in [2.45, 2.75) is 47.6 Å². The summed E-state index contributed by atoms with van der Waals surface area (Å²) < 4.78 is 5.14. The first-order valence-electron chi connectivity index (χ1n) is 6.16. The lowest BCUT2D eigenvalue weighted by Crippen LogP contribution is -2.06. The van der Waals surface area contributed by atoms with Crippen LogP contribution in [0.2, 0.25) is 0 Å². The number of ketones is 1. The topological polar surface area (TPSA) is 52.1 Å². The Morgan fingerprint density at radius 1 is 1.18 bits per heavy atom. The van der Waals surface area contributed by atoms with Crippen LogP contribution in [-0.4, -0.2) is 22.4 Å². The first-order valence-corrected chi connectivity index (χ1v) is 6.16. The van der Waals surface area contributed by atoms with Crippen LogP contribution in [0.3, 0.4) is 0 Å². The summed E-state index contributed by atoms with van der Waals surface area (Å²) in [6, 6.07) is 0. The lowest BCUT2D eigenvalue weighted by molar-refractivity contribution is -0.123. The SMILES string of the molecule is CC.CC.CCC(=O)COCc1cncnc1. The molecule has 0 atom stereocenters. The van der Waals surface area contributed by atoms with E-state index in [4.69, 9.17) is 4.74 Å². The predicted octanol–water partition coefficient (Wildman–Crippen LogP) is 3.02. The molecule has 0 bridgehead atoms. The Balaban J connectivity index is 0. The molecule has 1 aromatic heterocycles. The number of hydrogen-bond acceptors (Lipinski definition) is 4.